The van der Waals surface area contributed by atoms with Crippen LogP contribution in [0.4, 0.5) is 0 Å². The summed E-state index contributed by atoms with van der Waals surface area (Å²) >= 11 is 6.08. The van der Waals surface area contributed by atoms with Gasteiger partial charge in [0.15, 0.2) is 11.3 Å². The fourth-order valence-corrected chi connectivity index (χ4v) is 2.28. The molecule has 1 aromatic heterocycles. The van der Waals surface area contributed by atoms with Crippen molar-refractivity contribution in [3.05, 3.63) is 34.5 Å². The van der Waals surface area contributed by atoms with Crippen molar-refractivity contribution in [3.63, 3.8) is 0 Å². The smallest absolute Gasteiger partial charge is 0.289 e. The molecule has 1 amide bonds. The van der Waals surface area contributed by atoms with Gasteiger partial charge in [-0.3, -0.25) is 4.79 Å². The highest BCUT2D eigenvalue weighted by atomic mass is 35.5. The number of hydrogen-bond acceptors (Lipinski definition) is 3. The summed E-state index contributed by atoms with van der Waals surface area (Å²) in [7, 11) is 1.69. The second kappa shape index (κ2) is 5.85. The van der Waals surface area contributed by atoms with Gasteiger partial charge in [0, 0.05) is 24.5 Å². The summed E-state index contributed by atoms with van der Waals surface area (Å²) in [6, 6.07) is 5.45. The summed E-state index contributed by atoms with van der Waals surface area (Å²) in [6.07, 6.45) is 0.0962. The monoisotopic (exact) mass is 295 g/mol. The average molecular weight is 296 g/mol. The Morgan fingerprint density at radius 2 is 2.20 bits per heavy atom. The van der Waals surface area contributed by atoms with Crippen molar-refractivity contribution in [3.8, 4) is 0 Å². The van der Waals surface area contributed by atoms with E-state index in [9.17, 15) is 9.90 Å². The lowest BCUT2D eigenvalue weighted by atomic mass is 10.1. The van der Waals surface area contributed by atoms with Gasteiger partial charge in [-0.2, -0.15) is 0 Å². The molecule has 2 aromatic rings. The van der Waals surface area contributed by atoms with Crippen LogP contribution in [0.5, 0.6) is 0 Å². The number of para-hydroxylation sites is 1. The fourth-order valence-electron chi connectivity index (χ4n) is 2.07. The molecular formula is C15H18ClNO3. The van der Waals surface area contributed by atoms with Gasteiger partial charge in [0.1, 0.15) is 0 Å². The molecule has 4 nitrogen and oxygen atoms in total. The lowest BCUT2D eigenvalue weighted by molar-refractivity contribution is 0.0739. The van der Waals surface area contributed by atoms with E-state index in [0.717, 1.165) is 10.9 Å². The fraction of sp³-hybridized carbons (Fsp3) is 0.400. The Bertz CT molecular complexity index is 633. The van der Waals surface area contributed by atoms with E-state index in [-0.39, 0.29) is 5.91 Å². The number of carbonyl (C=O) groups is 1. The summed E-state index contributed by atoms with van der Waals surface area (Å²) in [5, 5.41) is 10.6. The molecule has 0 aliphatic carbocycles. The van der Waals surface area contributed by atoms with E-state index in [2.05, 4.69) is 0 Å². The van der Waals surface area contributed by atoms with E-state index in [1.165, 1.54) is 0 Å². The van der Waals surface area contributed by atoms with E-state index >= 15 is 0 Å². The largest absolute Gasteiger partial charge is 0.449 e. The number of halogens is 1. The number of carbonyl (C=O) groups excluding carboxylic acids is 1. The van der Waals surface area contributed by atoms with Gasteiger partial charge in [0.2, 0.25) is 0 Å². The Morgan fingerprint density at radius 1 is 1.50 bits per heavy atom. The first kappa shape index (κ1) is 14.9. The number of aryl methyl sites for hydroxylation is 1. The summed E-state index contributed by atoms with van der Waals surface area (Å²) in [5.74, 6) is 0.108. The van der Waals surface area contributed by atoms with Crippen molar-refractivity contribution < 1.29 is 14.3 Å². The molecule has 5 heteroatoms. The standard InChI is InChI=1S/C15H18ClNO3/c1-9(18)7-8-17(3)15(19)13-10(2)11-5-4-6-12(16)14(11)20-13/h4-6,9,18H,7-8H2,1-3H3. The molecule has 0 fully saturated rings. The zero-order valence-corrected chi connectivity index (χ0v) is 12.6. The second-order valence-corrected chi connectivity index (χ2v) is 5.44. The predicted molar refractivity (Wildman–Crippen MR) is 79.2 cm³/mol. The van der Waals surface area contributed by atoms with Crippen molar-refractivity contribution >= 4 is 28.5 Å². The number of fused-ring (bicyclic) bond motifs is 1. The molecule has 1 unspecified atom stereocenters. The summed E-state index contributed by atoms with van der Waals surface area (Å²) in [4.78, 5) is 13.9. The summed E-state index contributed by atoms with van der Waals surface area (Å²) in [6.45, 7) is 4.02. The van der Waals surface area contributed by atoms with Gasteiger partial charge in [-0.05, 0) is 26.3 Å². The van der Waals surface area contributed by atoms with Crippen LogP contribution in [0.2, 0.25) is 5.02 Å². The molecule has 2 rings (SSSR count). The van der Waals surface area contributed by atoms with Gasteiger partial charge >= 0.3 is 0 Å². The number of rotatable bonds is 4. The molecule has 0 saturated heterocycles. The van der Waals surface area contributed by atoms with Crippen molar-refractivity contribution in [2.24, 2.45) is 0 Å². The molecule has 1 atom stereocenters. The molecule has 0 saturated carbocycles. The highest BCUT2D eigenvalue weighted by Crippen LogP contribution is 2.31. The molecule has 0 spiro atoms. The van der Waals surface area contributed by atoms with E-state index in [4.69, 9.17) is 16.0 Å². The highest BCUT2D eigenvalue weighted by molar-refractivity contribution is 6.35. The van der Waals surface area contributed by atoms with E-state index in [1.54, 1.807) is 24.9 Å². The predicted octanol–water partition coefficient (Wildman–Crippen LogP) is 3.24. The van der Waals surface area contributed by atoms with Gasteiger partial charge in [0.05, 0.1) is 11.1 Å². The third-order valence-electron chi connectivity index (χ3n) is 3.34. The molecule has 0 aliphatic rings. The average Bonchev–Trinajstić information content (AvgIpc) is 2.74. The lowest BCUT2D eigenvalue weighted by Crippen LogP contribution is -2.29. The molecule has 1 aromatic carbocycles. The molecule has 0 aliphatic heterocycles. The first-order chi connectivity index (χ1) is 9.41. The van der Waals surface area contributed by atoms with Crippen LogP contribution in [0.15, 0.2) is 22.6 Å². The summed E-state index contributed by atoms with van der Waals surface area (Å²) in [5.41, 5.74) is 1.33. The maximum atomic E-state index is 12.4. The van der Waals surface area contributed by atoms with Gasteiger partial charge < -0.3 is 14.4 Å². The minimum absolute atomic E-state index is 0.199. The number of benzene rings is 1. The van der Waals surface area contributed by atoms with Crippen LogP contribution in [-0.4, -0.2) is 35.6 Å². The van der Waals surface area contributed by atoms with Crippen molar-refractivity contribution in [2.75, 3.05) is 13.6 Å². The Morgan fingerprint density at radius 3 is 2.80 bits per heavy atom. The quantitative estimate of drug-likeness (QED) is 0.942. The molecule has 1 N–H and O–H groups in total. The number of amides is 1. The molecule has 0 bridgehead atoms. The minimum Gasteiger partial charge on any atom is -0.449 e. The normalized spacial score (nSPS) is 12.7. The summed E-state index contributed by atoms with van der Waals surface area (Å²) < 4.78 is 5.63. The van der Waals surface area contributed by atoms with Crippen LogP contribution in [0, 0.1) is 6.92 Å². The molecule has 20 heavy (non-hydrogen) atoms. The first-order valence-electron chi connectivity index (χ1n) is 6.53. The maximum Gasteiger partial charge on any atom is 0.289 e. The molecule has 0 radical (unpaired) electrons. The third kappa shape index (κ3) is 2.81. The van der Waals surface area contributed by atoms with Crippen LogP contribution >= 0.6 is 11.6 Å². The van der Waals surface area contributed by atoms with E-state index < -0.39 is 6.10 Å². The second-order valence-electron chi connectivity index (χ2n) is 5.04. The van der Waals surface area contributed by atoms with Crippen LogP contribution in [0.1, 0.15) is 29.5 Å². The first-order valence-corrected chi connectivity index (χ1v) is 6.90. The van der Waals surface area contributed by atoms with Gasteiger partial charge in [-0.25, -0.2) is 0 Å². The SMILES string of the molecule is Cc1c(C(=O)N(C)CCC(C)O)oc2c(Cl)cccc12. The van der Waals surface area contributed by atoms with Crippen molar-refractivity contribution in [1.82, 2.24) is 4.90 Å². The Hall–Kier alpha value is -1.52. The van der Waals surface area contributed by atoms with Gasteiger partial charge in [-0.15, -0.1) is 0 Å². The van der Waals surface area contributed by atoms with Gasteiger partial charge in [-0.1, -0.05) is 23.7 Å². The van der Waals surface area contributed by atoms with Crippen molar-refractivity contribution in [2.45, 2.75) is 26.4 Å². The van der Waals surface area contributed by atoms with E-state index in [0.29, 0.717) is 29.3 Å². The third-order valence-corrected chi connectivity index (χ3v) is 3.64. The number of hydrogen-bond donors (Lipinski definition) is 1. The zero-order valence-electron chi connectivity index (χ0n) is 11.8. The van der Waals surface area contributed by atoms with Crippen LogP contribution in [0.3, 0.4) is 0 Å². The number of aliphatic hydroxyl groups excluding tert-OH is 1. The van der Waals surface area contributed by atoms with Crippen LogP contribution < -0.4 is 0 Å². The Balaban J connectivity index is 2.31. The van der Waals surface area contributed by atoms with Crippen LogP contribution in [-0.2, 0) is 0 Å². The number of aliphatic hydroxyl groups is 1. The lowest BCUT2D eigenvalue weighted by Gasteiger charge is -2.16. The maximum absolute atomic E-state index is 12.4. The zero-order chi connectivity index (χ0) is 14.9. The topological polar surface area (TPSA) is 53.7 Å². The molecule has 1 heterocycles. The molecular weight excluding hydrogens is 278 g/mol. The van der Waals surface area contributed by atoms with Crippen LogP contribution in [0.25, 0.3) is 11.0 Å². The highest BCUT2D eigenvalue weighted by Gasteiger charge is 2.21. The Kier molecular flexibility index (Phi) is 4.35. The molecule has 108 valence electrons. The number of furan rings is 1. The number of nitrogens with zero attached hydrogens (tertiary/aromatic N) is 1. The Labute approximate surface area is 122 Å². The van der Waals surface area contributed by atoms with Crippen molar-refractivity contribution in [1.29, 1.82) is 0 Å². The minimum atomic E-state index is -0.434. The van der Waals surface area contributed by atoms with E-state index in [1.807, 2.05) is 19.1 Å². The van der Waals surface area contributed by atoms with Gasteiger partial charge in [0.25, 0.3) is 5.91 Å².